The normalized spacial score (nSPS) is 14.1. The number of aryl methyl sites for hydroxylation is 1. The molecule has 134 valence electrons. The summed E-state index contributed by atoms with van der Waals surface area (Å²) in [5, 5.41) is 12.7. The van der Waals surface area contributed by atoms with E-state index in [2.05, 4.69) is 15.4 Å². The highest BCUT2D eigenvalue weighted by Gasteiger charge is 2.25. The number of rotatable bonds is 3. The fourth-order valence-corrected chi connectivity index (χ4v) is 3.18. The SMILES string of the molecule is Cn1c(C(=O)N2CCCn3nnc(Cn4cccn4)c3C2)cccc1=O. The van der Waals surface area contributed by atoms with Gasteiger partial charge < -0.3 is 9.47 Å². The lowest BCUT2D eigenvalue weighted by Gasteiger charge is -2.21. The summed E-state index contributed by atoms with van der Waals surface area (Å²) in [6.07, 6.45) is 4.36. The summed E-state index contributed by atoms with van der Waals surface area (Å²) in [6.45, 7) is 2.23. The molecule has 0 atom stereocenters. The first-order valence-electron chi connectivity index (χ1n) is 8.47. The van der Waals surface area contributed by atoms with E-state index in [1.807, 2.05) is 16.9 Å². The molecule has 4 rings (SSSR count). The Morgan fingerprint density at radius 1 is 1.23 bits per heavy atom. The van der Waals surface area contributed by atoms with Gasteiger partial charge in [0.05, 0.1) is 18.8 Å². The van der Waals surface area contributed by atoms with Crippen molar-refractivity contribution >= 4 is 5.91 Å². The maximum Gasteiger partial charge on any atom is 0.270 e. The number of aromatic nitrogens is 6. The van der Waals surface area contributed by atoms with Gasteiger partial charge in [0.15, 0.2) is 0 Å². The van der Waals surface area contributed by atoms with Gasteiger partial charge in [-0.05, 0) is 18.6 Å². The van der Waals surface area contributed by atoms with Crippen LogP contribution in [0.3, 0.4) is 0 Å². The molecule has 9 nitrogen and oxygen atoms in total. The first-order chi connectivity index (χ1) is 12.6. The fourth-order valence-electron chi connectivity index (χ4n) is 3.18. The second-order valence-corrected chi connectivity index (χ2v) is 6.30. The lowest BCUT2D eigenvalue weighted by atomic mass is 10.2. The summed E-state index contributed by atoms with van der Waals surface area (Å²) in [7, 11) is 1.61. The van der Waals surface area contributed by atoms with Gasteiger partial charge in [0.2, 0.25) is 0 Å². The van der Waals surface area contributed by atoms with Crippen LogP contribution >= 0.6 is 0 Å². The summed E-state index contributed by atoms with van der Waals surface area (Å²) >= 11 is 0. The predicted molar refractivity (Wildman–Crippen MR) is 92.4 cm³/mol. The molecule has 0 spiro atoms. The summed E-state index contributed by atoms with van der Waals surface area (Å²) < 4.78 is 5.02. The Hall–Kier alpha value is -3.23. The van der Waals surface area contributed by atoms with Gasteiger partial charge in [-0.3, -0.25) is 14.3 Å². The first kappa shape index (κ1) is 16.2. The molecule has 1 amide bonds. The van der Waals surface area contributed by atoms with Gasteiger partial charge in [-0.2, -0.15) is 5.10 Å². The van der Waals surface area contributed by atoms with Gasteiger partial charge in [-0.15, -0.1) is 5.10 Å². The molecule has 0 N–H and O–H groups in total. The number of hydrogen-bond donors (Lipinski definition) is 0. The minimum Gasteiger partial charge on any atom is -0.331 e. The van der Waals surface area contributed by atoms with E-state index in [0.29, 0.717) is 31.9 Å². The highest BCUT2D eigenvalue weighted by atomic mass is 16.2. The van der Waals surface area contributed by atoms with E-state index in [4.69, 9.17) is 0 Å². The van der Waals surface area contributed by atoms with Gasteiger partial charge >= 0.3 is 0 Å². The van der Waals surface area contributed by atoms with Crippen LogP contribution in [-0.4, -0.2) is 46.7 Å². The number of fused-ring (bicyclic) bond motifs is 1. The maximum atomic E-state index is 13.0. The van der Waals surface area contributed by atoms with Crippen LogP contribution < -0.4 is 5.56 Å². The monoisotopic (exact) mass is 353 g/mol. The van der Waals surface area contributed by atoms with Crippen molar-refractivity contribution < 1.29 is 4.79 Å². The lowest BCUT2D eigenvalue weighted by molar-refractivity contribution is 0.0734. The van der Waals surface area contributed by atoms with E-state index >= 15 is 0 Å². The standard InChI is InChI=1S/C17H19N7O2/c1-21-14(5-2-6-16(21)25)17(26)22-8-4-10-24-15(12-22)13(19-20-24)11-23-9-3-7-18-23/h2-3,5-7,9H,4,8,10-12H2,1H3. The van der Waals surface area contributed by atoms with E-state index < -0.39 is 0 Å². The number of carbonyl (C=O) groups excluding carboxylic acids is 1. The Kier molecular flexibility index (Phi) is 4.11. The molecule has 0 saturated heterocycles. The average molecular weight is 353 g/mol. The zero-order chi connectivity index (χ0) is 18.1. The highest BCUT2D eigenvalue weighted by molar-refractivity contribution is 5.92. The van der Waals surface area contributed by atoms with Gasteiger partial charge in [-0.1, -0.05) is 11.3 Å². The number of amides is 1. The molecule has 0 fully saturated rings. The zero-order valence-corrected chi connectivity index (χ0v) is 14.4. The zero-order valence-electron chi connectivity index (χ0n) is 14.4. The Morgan fingerprint density at radius 2 is 2.12 bits per heavy atom. The van der Waals surface area contributed by atoms with Crippen LogP contribution in [0.15, 0.2) is 41.5 Å². The summed E-state index contributed by atoms with van der Waals surface area (Å²) in [5.74, 6) is -0.162. The van der Waals surface area contributed by atoms with Crippen molar-refractivity contribution in [1.29, 1.82) is 0 Å². The van der Waals surface area contributed by atoms with Crippen LogP contribution in [0.4, 0.5) is 0 Å². The van der Waals surface area contributed by atoms with E-state index in [1.165, 1.54) is 10.6 Å². The molecule has 0 bridgehead atoms. The molecule has 1 aliphatic heterocycles. The second kappa shape index (κ2) is 6.58. The van der Waals surface area contributed by atoms with Crippen molar-refractivity contribution in [2.75, 3.05) is 6.54 Å². The van der Waals surface area contributed by atoms with E-state index in [1.54, 1.807) is 35.0 Å². The molecule has 0 radical (unpaired) electrons. The summed E-state index contributed by atoms with van der Waals surface area (Å²) in [6, 6.07) is 6.59. The van der Waals surface area contributed by atoms with Gasteiger partial charge in [0.1, 0.15) is 11.4 Å². The van der Waals surface area contributed by atoms with Crippen molar-refractivity contribution in [2.45, 2.75) is 26.1 Å². The molecule has 0 aromatic carbocycles. The Bertz CT molecular complexity index is 987. The smallest absolute Gasteiger partial charge is 0.270 e. The van der Waals surface area contributed by atoms with Crippen LogP contribution in [0.2, 0.25) is 0 Å². The number of nitrogens with zero attached hydrogens (tertiary/aromatic N) is 7. The molecule has 26 heavy (non-hydrogen) atoms. The maximum absolute atomic E-state index is 13.0. The molecular weight excluding hydrogens is 334 g/mol. The van der Waals surface area contributed by atoms with Crippen molar-refractivity contribution in [3.63, 3.8) is 0 Å². The van der Waals surface area contributed by atoms with Crippen molar-refractivity contribution in [3.05, 3.63) is 64.1 Å². The van der Waals surface area contributed by atoms with Crippen LogP contribution in [0.1, 0.15) is 28.3 Å². The molecule has 9 heteroatoms. The van der Waals surface area contributed by atoms with Crippen LogP contribution in [-0.2, 0) is 26.7 Å². The van der Waals surface area contributed by atoms with E-state index in [0.717, 1.165) is 17.8 Å². The molecule has 0 unspecified atom stereocenters. The Labute approximate surface area is 149 Å². The Balaban J connectivity index is 1.63. The molecule has 0 aliphatic carbocycles. The molecule has 3 aromatic heterocycles. The first-order valence-corrected chi connectivity index (χ1v) is 8.47. The second-order valence-electron chi connectivity index (χ2n) is 6.30. The van der Waals surface area contributed by atoms with Crippen molar-refractivity contribution in [3.8, 4) is 0 Å². The number of carbonyl (C=O) groups is 1. The van der Waals surface area contributed by atoms with Crippen molar-refractivity contribution in [2.24, 2.45) is 7.05 Å². The minimum absolute atomic E-state index is 0.162. The quantitative estimate of drug-likeness (QED) is 0.674. The van der Waals surface area contributed by atoms with Crippen LogP contribution in [0.5, 0.6) is 0 Å². The molecule has 3 aromatic rings. The Morgan fingerprint density at radius 3 is 2.92 bits per heavy atom. The third kappa shape index (κ3) is 2.92. The van der Waals surface area contributed by atoms with E-state index in [9.17, 15) is 9.59 Å². The summed E-state index contributed by atoms with van der Waals surface area (Å²) in [5.41, 5.74) is 1.89. The number of hydrogen-bond acceptors (Lipinski definition) is 5. The highest BCUT2D eigenvalue weighted by Crippen LogP contribution is 2.17. The molecular formula is C17H19N7O2. The van der Waals surface area contributed by atoms with Crippen molar-refractivity contribution in [1.82, 2.24) is 34.2 Å². The summed E-state index contributed by atoms with van der Waals surface area (Å²) in [4.78, 5) is 26.6. The van der Waals surface area contributed by atoms with E-state index in [-0.39, 0.29) is 11.5 Å². The van der Waals surface area contributed by atoms with Gasteiger partial charge in [-0.25, -0.2) is 4.68 Å². The molecule has 0 saturated carbocycles. The predicted octanol–water partition coefficient (Wildman–Crippen LogP) is 0.268. The van der Waals surface area contributed by atoms with Gasteiger partial charge in [0, 0.05) is 38.6 Å². The van der Waals surface area contributed by atoms with Gasteiger partial charge in [0.25, 0.3) is 11.5 Å². The molecule has 1 aliphatic rings. The topological polar surface area (TPSA) is 90.8 Å². The third-order valence-corrected chi connectivity index (χ3v) is 4.62. The minimum atomic E-state index is -0.197. The molecule has 4 heterocycles. The van der Waals surface area contributed by atoms with Crippen LogP contribution in [0, 0.1) is 0 Å². The lowest BCUT2D eigenvalue weighted by Crippen LogP contribution is -2.35. The average Bonchev–Trinajstić information content (AvgIpc) is 3.22. The largest absolute Gasteiger partial charge is 0.331 e. The number of pyridine rings is 1. The van der Waals surface area contributed by atoms with Crippen LogP contribution in [0.25, 0.3) is 0 Å². The fraction of sp³-hybridized carbons (Fsp3) is 0.353. The third-order valence-electron chi connectivity index (χ3n) is 4.62.